The molecule has 0 aromatic heterocycles. The van der Waals surface area contributed by atoms with E-state index in [-0.39, 0.29) is 0 Å². The summed E-state index contributed by atoms with van der Waals surface area (Å²) < 4.78 is 15.9. The first-order valence-electron chi connectivity index (χ1n) is 7.39. The molecule has 0 aliphatic carbocycles. The molecule has 0 radical (unpaired) electrons. The van der Waals surface area contributed by atoms with Gasteiger partial charge >= 0.3 is 0 Å². The van der Waals surface area contributed by atoms with Gasteiger partial charge in [0.25, 0.3) is 0 Å². The molecule has 114 valence electrons. The molecule has 1 fully saturated rings. The fraction of sp³-hybridized carbons (Fsp3) is 1.00. The van der Waals surface area contributed by atoms with E-state index in [9.17, 15) is 0 Å². The molecule has 1 N–H and O–H groups in total. The summed E-state index contributed by atoms with van der Waals surface area (Å²) in [5, 5.41) is 3.56. The van der Waals surface area contributed by atoms with Crippen LogP contribution < -0.4 is 5.32 Å². The van der Waals surface area contributed by atoms with Crippen LogP contribution in [0.25, 0.3) is 0 Å². The summed E-state index contributed by atoms with van der Waals surface area (Å²) in [7, 11) is 1.68. The Bertz CT molecular complexity index is 217. The summed E-state index contributed by atoms with van der Waals surface area (Å²) >= 11 is 0. The van der Waals surface area contributed by atoms with Crippen LogP contribution in [-0.4, -0.2) is 76.8 Å². The fourth-order valence-electron chi connectivity index (χ4n) is 2.23. The van der Waals surface area contributed by atoms with E-state index in [1.807, 2.05) is 0 Å². The lowest BCUT2D eigenvalue weighted by molar-refractivity contribution is 0.0135. The van der Waals surface area contributed by atoms with Crippen LogP contribution in [0.2, 0.25) is 0 Å². The third-order valence-electron chi connectivity index (χ3n) is 3.60. The Kier molecular flexibility index (Phi) is 9.38. The molecule has 1 rings (SSSR count). The standard InChI is InChI=1S/C14H30N2O3/c1-4-14-12-16(13(2)11-15-14)5-6-18-9-10-19-8-7-17-3/h13-15H,4-12H2,1-3H3. The zero-order valence-corrected chi connectivity index (χ0v) is 12.7. The van der Waals surface area contributed by atoms with Crippen LogP contribution in [0.3, 0.4) is 0 Å². The van der Waals surface area contributed by atoms with E-state index in [1.165, 1.54) is 6.42 Å². The second-order valence-corrected chi connectivity index (χ2v) is 5.07. The molecule has 1 aliphatic rings. The quantitative estimate of drug-likeness (QED) is 0.595. The smallest absolute Gasteiger partial charge is 0.0701 e. The zero-order valence-electron chi connectivity index (χ0n) is 12.7. The average Bonchev–Trinajstić information content (AvgIpc) is 2.43. The maximum atomic E-state index is 5.61. The largest absolute Gasteiger partial charge is 0.382 e. The van der Waals surface area contributed by atoms with Gasteiger partial charge in [-0.05, 0) is 13.3 Å². The summed E-state index contributed by atoms with van der Waals surface area (Å²) in [6, 6.07) is 1.23. The van der Waals surface area contributed by atoms with Gasteiger partial charge in [0, 0.05) is 38.8 Å². The Morgan fingerprint density at radius 1 is 1.11 bits per heavy atom. The summed E-state index contributed by atoms with van der Waals surface area (Å²) in [6.45, 7) is 11.1. The maximum absolute atomic E-state index is 5.61. The van der Waals surface area contributed by atoms with Crippen LogP contribution in [0, 0.1) is 0 Å². The minimum Gasteiger partial charge on any atom is -0.382 e. The van der Waals surface area contributed by atoms with Crippen molar-refractivity contribution < 1.29 is 14.2 Å². The Labute approximate surface area is 117 Å². The van der Waals surface area contributed by atoms with E-state index in [4.69, 9.17) is 14.2 Å². The van der Waals surface area contributed by atoms with Crippen LogP contribution in [0.5, 0.6) is 0 Å². The number of ether oxygens (including phenoxy) is 3. The first-order chi connectivity index (χ1) is 9.27. The molecule has 5 heteroatoms. The predicted molar refractivity (Wildman–Crippen MR) is 76.6 cm³/mol. The number of nitrogens with one attached hydrogen (secondary N) is 1. The van der Waals surface area contributed by atoms with Crippen molar-refractivity contribution in [1.82, 2.24) is 10.2 Å². The van der Waals surface area contributed by atoms with Crippen LogP contribution in [0.4, 0.5) is 0 Å². The highest BCUT2D eigenvalue weighted by Gasteiger charge is 2.23. The van der Waals surface area contributed by atoms with Gasteiger partial charge in [-0.1, -0.05) is 6.92 Å². The van der Waals surface area contributed by atoms with Crippen molar-refractivity contribution in [2.75, 3.05) is 59.8 Å². The Morgan fingerprint density at radius 2 is 1.79 bits per heavy atom. The van der Waals surface area contributed by atoms with Crippen LogP contribution in [0.1, 0.15) is 20.3 Å². The third-order valence-corrected chi connectivity index (χ3v) is 3.60. The highest BCUT2D eigenvalue weighted by molar-refractivity contribution is 4.82. The molecular formula is C14H30N2O3. The number of hydrogen-bond acceptors (Lipinski definition) is 5. The van der Waals surface area contributed by atoms with E-state index < -0.39 is 0 Å². The normalized spacial score (nSPS) is 24.8. The van der Waals surface area contributed by atoms with Gasteiger partial charge in [0.15, 0.2) is 0 Å². The Morgan fingerprint density at radius 3 is 2.47 bits per heavy atom. The van der Waals surface area contributed by atoms with Crippen LogP contribution in [-0.2, 0) is 14.2 Å². The van der Waals surface area contributed by atoms with Crippen molar-refractivity contribution in [3.8, 4) is 0 Å². The fourth-order valence-corrected chi connectivity index (χ4v) is 2.23. The molecule has 0 bridgehead atoms. The molecule has 0 aromatic rings. The second-order valence-electron chi connectivity index (χ2n) is 5.07. The van der Waals surface area contributed by atoms with Crippen molar-refractivity contribution in [2.24, 2.45) is 0 Å². The molecule has 19 heavy (non-hydrogen) atoms. The van der Waals surface area contributed by atoms with Crippen molar-refractivity contribution in [3.05, 3.63) is 0 Å². The molecule has 1 heterocycles. The Hall–Kier alpha value is -0.200. The maximum Gasteiger partial charge on any atom is 0.0701 e. The van der Waals surface area contributed by atoms with Gasteiger partial charge in [-0.2, -0.15) is 0 Å². The lowest BCUT2D eigenvalue weighted by atomic mass is 10.1. The zero-order chi connectivity index (χ0) is 13.9. The van der Waals surface area contributed by atoms with Crippen molar-refractivity contribution in [3.63, 3.8) is 0 Å². The van der Waals surface area contributed by atoms with Gasteiger partial charge in [-0.15, -0.1) is 0 Å². The summed E-state index contributed by atoms with van der Waals surface area (Å²) in [4.78, 5) is 2.51. The van der Waals surface area contributed by atoms with Gasteiger partial charge < -0.3 is 19.5 Å². The first kappa shape index (κ1) is 16.9. The van der Waals surface area contributed by atoms with Gasteiger partial charge in [0.1, 0.15) is 0 Å². The number of piperazine rings is 1. The van der Waals surface area contributed by atoms with E-state index in [1.54, 1.807) is 7.11 Å². The highest BCUT2D eigenvalue weighted by atomic mass is 16.5. The number of rotatable bonds is 10. The van der Waals surface area contributed by atoms with E-state index in [0.717, 1.165) is 26.2 Å². The van der Waals surface area contributed by atoms with Gasteiger partial charge in [0.2, 0.25) is 0 Å². The lowest BCUT2D eigenvalue weighted by Crippen LogP contribution is -2.55. The summed E-state index contributed by atoms with van der Waals surface area (Å²) in [5.41, 5.74) is 0. The monoisotopic (exact) mass is 274 g/mol. The number of nitrogens with zero attached hydrogens (tertiary/aromatic N) is 1. The minimum atomic E-state index is 0.601. The summed E-state index contributed by atoms with van der Waals surface area (Å²) in [5.74, 6) is 0. The van der Waals surface area contributed by atoms with Crippen LogP contribution >= 0.6 is 0 Å². The van der Waals surface area contributed by atoms with Gasteiger partial charge in [-0.25, -0.2) is 0 Å². The highest BCUT2D eigenvalue weighted by Crippen LogP contribution is 2.08. The van der Waals surface area contributed by atoms with Crippen molar-refractivity contribution in [2.45, 2.75) is 32.4 Å². The molecular weight excluding hydrogens is 244 g/mol. The molecule has 0 spiro atoms. The summed E-state index contributed by atoms with van der Waals surface area (Å²) in [6.07, 6.45) is 1.19. The second kappa shape index (κ2) is 10.6. The molecule has 1 aliphatic heterocycles. The van der Waals surface area contributed by atoms with E-state index in [2.05, 4.69) is 24.1 Å². The molecule has 1 saturated heterocycles. The molecule has 0 aromatic carbocycles. The average molecular weight is 274 g/mol. The van der Waals surface area contributed by atoms with Gasteiger partial charge in [-0.3, -0.25) is 4.90 Å². The minimum absolute atomic E-state index is 0.601. The van der Waals surface area contributed by atoms with Crippen molar-refractivity contribution >= 4 is 0 Å². The SMILES string of the molecule is CCC1CN(CCOCCOCCOC)C(C)CN1. The topological polar surface area (TPSA) is 43.0 Å². The molecule has 0 saturated carbocycles. The number of hydrogen-bond donors (Lipinski definition) is 1. The molecule has 2 unspecified atom stereocenters. The van der Waals surface area contributed by atoms with Crippen LogP contribution in [0.15, 0.2) is 0 Å². The number of methoxy groups -OCH3 is 1. The molecule has 2 atom stereocenters. The van der Waals surface area contributed by atoms with Crippen molar-refractivity contribution in [1.29, 1.82) is 0 Å². The predicted octanol–water partition coefficient (Wildman–Crippen LogP) is 0.738. The molecule has 0 amide bonds. The van der Waals surface area contributed by atoms with E-state index >= 15 is 0 Å². The molecule has 5 nitrogen and oxygen atoms in total. The van der Waals surface area contributed by atoms with Gasteiger partial charge in [0.05, 0.1) is 33.0 Å². The lowest BCUT2D eigenvalue weighted by Gasteiger charge is -2.38. The Balaban J connectivity index is 1.98. The third kappa shape index (κ3) is 7.22. The van der Waals surface area contributed by atoms with E-state index in [0.29, 0.717) is 38.5 Å². The first-order valence-corrected chi connectivity index (χ1v) is 7.39.